The van der Waals surface area contributed by atoms with Gasteiger partial charge in [0.25, 0.3) is 0 Å². The number of aliphatic hydroxyl groups excluding tert-OH is 2. The third-order valence-corrected chi connectivity index (χ3v) is 2.35. The molecule has 0 aromatic heterocycles. The summed E-state index contributed by atoms with van der Waals surface area (Å²) in [4.78, 5) is 38.3. The standard InChI is InChI=1S/C6H14O2.2C5H8O2/c7-5-3-1-2-4-6-8;2*6-4-2-1-3-5-7/h7-8H,1-6H2;2*4-5H,1-3H2. The van der Waals surface area contributed by atoms with Crippen LogP contribution in [-0.4, -0.2) is 48.6 Å². The van der Waals surface area contributed by atoms with Gasteiger partial charge in [-0.15, -0.1) is 0 Å². The van der Waals surface area contributed by atoms with Crippen LogP contribution in [0.5, 0.6) is 0 Å². The summed E-state index contributed by atoms with van der Waals surface area (Å²) in [7, 11) is 0. The van der Waals surface area contributed by atoms with Gasteiger partial charge in [-0.1, -0.05) is 12.8 Å². The highest BCUT2D eigenvalue weighted by atomic mass is 16.3. The van der Waals surface area contributed by atoms with Crippen molar-refractivity contribution < 1.29 is 29.4 Å². The first-order valence-corrected chi connectivity index (χ1v) is 7.71. The maximum absolute atomic E-state index is 9.56. The highest BCUT2D eigenvalue weighted by Gasteiger charge is 1.84. The lowest BCUT2D eigenvalue weighted by Gasteiger charge is -1.93. The van der Waals surface area contributed by atoms with E-state index in [4.69, 9.17) is 10.2 Å². The molecule has 0 radical (unpaired) electrons. The minimum Gasteiger partial charge on any atom is -0.396 e. The molecular weight excluding hydrogens is 288 g/mol. The highest BCUT2D eigenvalue weighted by Crippen LogP contribution is 1.96. The number of hydrogen-bond donors (Lipinski definition) is 2. The monoisotopic (exact) mass is 318 g/mol. The third-order valence-electron chi connectivity index (χ3n) is 2.35. The summed E-state index contributed by atoms with van der Waals surface area (Å²) in [5.41, 5.74) is 0. The smallest absolute Gasteiger partial charge is 0.120 e. The first-order valence-electron chi connectivity index (χ1n) is 7.71. The molecule has 130 valence electrons. The Morgan fingerprint density at radius 3 is 0.909 bits per heavy atom. The first kappa shape index (κ1) is 25.5. The molecule has 0 aromatic carbocycles. The van der Waals surface area contributed by atoms with Crippen LogP contribution in [0.15, 0.2) is 0 Å². The minimum atomic E-state index is 0.283. The van der Waals surface area contributed by atoms with Crippen molar-refractivity contribution in [2.24, 2.45) is 0 Å². The molecule has 0 fully saturated rings. The zero-order valence-electron chi connectivity index (χ0n) is 13.3. The quantitative estimate of drug-likeness (QED) is 0.395. The van der Waals surface area contributed by atoms with Gasteiger partial charge in [0.15, 0.2) is 0 Å². The molecule has 0 bridgehead atoms. The summed E-state index contributed by atoms with van der Waals surface area (Å²) in [6.07, 6.45) is 10.6. The van der Waals surface area contributed by atoms with Crippen molar-refractivity contribution in [1.82, 2.24) is 0 Å². The Hall–Kier alpha value is -1.40. The lowest BCUT2D eigenvalue weighted by molar-refractivity contribution is -0.110. The molecule has 0 saturated heterocycles. The Morgan fingerprint density at radius 2 is 0.727 bits per heavy atom. The second kappa shape index (κ2) is 31.8. The van der Waals surface area contributed by atoms with Gasteiger partial charge in [-0.3, -0.25) is 0 Å². The molecule has 2 N–H and O–H groups in total. The van der Waals surface area contributed by atoms with E-state index in [0.717, 1.165) is 50.8 Å². The molecule has 0 aliphatic rings. The average molecular weight is 318 g/mol. The van der Waals surface area contributed by atoms with Crippen molar-refractivity contribution in [3.8, 4) is 0 Å². The topological polar surface area (TPSA) is 109 Å². The van der Waals surface area contributed by atoms with Crippen LogP contribution >= 0.6 is 0 Å². The van der Waals surface area contributed by atoms with Gasteiger partial charge in [-0.05, 0) is 25.7 Å². The number of aldehydes is 4. The maximum Gasteiger partial charge on any atom is 0.120 e. The number of carbonyl (C=O) groups is 4. The Morgan fingerprint density at radius 1 is 0.455 bits per heavy atom. The van der Waals surface area contributed by atoms with Crippen molar-refractivity contribution in [2.75, 3.05) is 13.2 Å². The maximum atomic E-state index is 9.56. The summed E-state index contributed by atoms with van der Waals surface area (Å²) < 4.78 is 0. The van der Waals surface area contributed by atoms with Gasteiger partial charge in [-0.25, -0.2) is 0 Å². The summed E-state index contributed by atoms with van der Waals surface area (Å²) in [5.74, 6) is 0. The summed E-state index contributed by atoms with van der Waals surface area (Å²) >= 11 is 0. The lowest BCUT2D eigenvalue weighted by Crippen LogP contribution is -1.85. The van der Waals surface area contributed by atoms with E-state index >= 15 is 0 Å². The van der Waals surface area contributed by atoms with Gasteiger partial charge < -0.3 is 29.4 Å². The molecule has 0 spiro atoms. The van der Waals surface area contributed by atoms with Crippen molar-refractivity contribution in [3.63, 3.8) is 0 Å². The second-order valence-corrected chi connectivity index (χ2v) is 4.39. The van der Waals surface area contributed by atoms with Gasteiger partial charge in [0.1, 0.15) is 25.1 Å². The molecule has 0 amide bonds. The van der Waals surface area contributed by atoms with E-state index in [1.807, 2.05) is 0 Å². The largest absolute Gasteiger partial charge is 0.396 e. The number of rotatable bonds is 13. The Kier molecular flexibility index (Phi) is 36.9. The van der Waals surface area contributed by atoms with E-state index < -0.39 is 0 Å². The van der Waals surface area contributed by atoms with E-state index in [2.05, 4.69) is 0 Å². The number of carbonyl (C=O) groups excluding carboxylic acids is 4. The minimum absolute atomic E-state index is 0.283. The molecule has 0 aliphatic heterocycles. The zero-order valence-corrected chi connectivity index (χ0v) is 13.3. The van der Waals surface area contributed by atoms with Gasteiger partial charge >= 0.3 is 0 Å². The Balaban J connectivity index is -0.000000247. The summed E-state index contributed by atoms with van der Waals surface area (Å²) in [5, 5.41) is 16.6. The molecule has 0 heterocycles. The molecule has 0 unspecified atom stereocenters. The van der Waals surface area contributed by atoms with E-state index in [1.165, 1.54) is 0 Å². The third kappa shape index (κ3) is 42.8. The van der Waals surface area contributed by atoms with Gasteiger partial charge in [0.2, 0.25) is 0 Å². The van der Waals surface area contributed by atoms with Gasteiger partial charge in [-0.2, -0.15) is 0 Å². The highest BCUT2D eigenvalue weighted by molar-refractivity contribution is 5.53. The molecule has 0 saturated carbocycles. The van der Waals surface area contributed by atoms with E-state index in [9.17, 15) is 19.2 Å². The normalized spacial score (nSPS) is 8.64. The predicted molar refractivity (Wildman–Crippen MR) is 84.6 cm³/mol. The van der Waals surface area contributed by atoms with Gasteiger partial charge in [0.05, 0.1) is 0 Å². The average Bonchev–Trinajstić information content (AvgIpc) is 2.54. The Labute approximate surface area is 132 Å². The molecular formula is C16H30O6. The van der Waals surface area contributed by atoms with Crippen molar-refractivity contribution >= 4 is 25.1 Å². The van der Waals surface area contributed by atoms with E-state index in [-0.39, 0.29) is 13.2 Å². The lowest BCUT2D eigenvalue weighted by atomic mass is 10.2. The fraction of sp³-hybridized carbons (Fsp3) is 0.750. The number of unbranched alkanes of at least 4 members (excludes halogenated alkanes) is 7. The van der Waals surface area contributed by atoms with Crippen molar-refractivity contribution in [1.29, 1.82) is 0 Å². The van der Waals surface area contributed by atoms with Crippen molar-refractivity contribution in [2.45, 2.75) is 64.2 Å². The summed E-state index contributed by atoms with van der Waals surface area (Å²) in [6, 6.07) is 0. The zero-order chi connectivity index (χ0) is 17.3. The van der Waals surface area contributed by atoms with Crippen molar-refractivity contribution in [3.05, 3.63) is 0 Å². The molecule has 6 nitrogen and oxygen atoms in total. The van der Waals surface area contributed by atoms with Crippen LogP contribution in [0.1, 0.15) is 64.2 Å². The van der Waals surface area contributed by atoms with Gasteiger partial charge in [0, 0.05) is 38.9 Å². The molecule has 0 aliphatic carbocycles. The molecule has 0 atom stereocenters. The Bertz CT molecular complexity index is 191. The van der Waals surface area contributed by atoms with E-state index in [0.29, 0.717) is 38.5 Å². The van der Waals surface area contributed by atoms with Crippen LogP contribution in [0.3, 0.4) is 0 Å². The first-order chi connectivity index (χ1) is 10.7. The number of aliphatic hydroxyl groups is 2. The number of hydrogen-bond acceptors (Lipinski definition) is 6. The molecule has 0 rings (SSSR count). The van der Waals surface area contributed by atoms with Crippen LogP contribution in [-0.2, 0) is 19.2 Å². The molecule has 6 heteroatoms. The summed E-state index contributed by atoms with van der Waals surface area (Å²) in [6.45, 7) is 0.566. The fourth-order valence-corrected chi connectivity index (χ4v) is 1.15. The molecule has 22 heavy (non-hydrogen) atoms. The van der Waals surface area contributed by atoms with Crippen LogP contribution in [0.25, 0.3) is 0 Å². The van der Waals surface area contributed by atoms with Crippen LogP contribution in [0, 0.1) is 0 Å². The predicted octanol–water partition coefficient (Wildman–Crippen LogP) is 1.64. The van der Waals surface area contributed by atoms with Crippen LogP contribution < -0.4 is 0 Å². The second-order valence-electron chi connectivity index (χ2n) is 4.39. The molecule has 0 aromatic rings. The fourth-order valence-electron chi connectivity index (χ4n) is 1.15. The van der Waals surface area contributed by atoms with E-state index in [1.54, 1.807) is 0 Å². The van der Waals surface area contributed by atoms with Crippen LogP contribution in [0.4, 0.5) is 0 Å². The van der Waals surface area contributed by atoms with Crippen LogP contribution in [0.2, 0.25) is 0 Å². The SMILES string of the molecule is O=CCCCC=O.O=CCCCC=O.OCCCCCCO.